The number of nitrogens with zero attached hydrogens (tertiary/aromatic N) is 1. The van der Waals surface area contributed by atoms with Gasteiger partial charge in [0.05, 0.1) is 24.3 Å². The number of methoxy groups -OCH3 is 1. The van der Waals surface area contributed by atoms with Crippen LogP contribution >= 0.6 is 0 Å². The molecule has 160 valence electrons. The zero-order chi connectivity index (χ0) is 22.8. The Kier molecular flexibility index (Phi) is 5.60. The lowest BCUT2D eigenvalue weighted by molar-refractivity contribution is -0.132. The first kappa shape index (κ1) is 21.1. The lowest BCUT2D eigenvalue weighted by Crippen LogP contribution is -2.29. The van der Waals surface area contributed by atoms with Gasteiger partial charge in [-0.05, 0) is 36.8 Å². The Bertz CT molecular complexity index is 1210. The number of hydrogen-bond acceptors (Lipinski definition) is 5. The Balaban J connectivity index is 1.87. The van der Waals surface area contributed by atoms with Crippen molar-refractivity contribution in [2.75, 3.05) is 12.0 Å². The van der Waals surface area contributed by atoms with E-state index in [0.29, 0.717) is 22.4 Å². The number of benzene rings is 3. The molecule has 1 fully saturated rings. The van der Waals surface area contributed by atoms with E-state index in [1.54, 1.807) is 36.4 Å². The van der Waals surface area contributed by atoms with Gasteiger partial charge >= 0.3 is 5.97 Å². The molecule has 32 heavy (non-hydrogen) atoms. The van der Waals surface area contributed by atoms with E-state index in [2.05, 4.69) is 0 Å². The number of hydrogen-bond donors (Lipinski definition) is 1. The van der Waals surface area contributed by atoms with Gasteiger partial charge < -0.3 is 9.84 Å². The van der Waals surface area contributed by atoms with Crippen molar-refractivity contribution in [3.8, 4) is 0 Å². The van der Waals surface area contributed by atoms with Crippen LogP contribution in [-0.2, 0) is 14.3 Å². The van der Waals surface area contributed by atoms with Crippen molar-refractivity contribution in [1.29, 1.82) is 0 Å². The fraction of sp³-hybridized carbons (Fsp3) is 0.115. The third-order valence-corrected chi connectivity index (χ3v) is 5.45. The molecule has 3 aromatic carbocycles. The molecule has 0 bridgehead atoms. The van der Waals surface area contributed by atoms with Crippen LogP contribution in [0.1, 0.15) is 33.1 Å². The average molecular weight is 427 g/mol. The molecule has 1 saturated heterocycles. The summed E-state index contributed by atoms with van der Waals surface area (Å²) in [6, 6.07) is 21.5. The van der Waals surface area contributed by atoms with Gasteiger partial charge in [-0.25, -0.2) is 4.79 Å². The first-order valence-electron chi connectivity index (χ1n) is 10.0. The number of rotatable bonds is 4. The van der Waals surface area contributed by atoms with E-state index in [0.717, 1.165) is 5.56 Å². The highest BCUT2D eigenvalue weighted by atomic mass is 16.5. The number of Topliss-reactive ketones (excluding diaryl/α,β-unsaturated/α-hetero) is 1. The first-order valence-corrected chi connectivity index (χ1v) is 10.0. The van der Waals surface area contributed by atoms with Crippen LogP contribution in [0, 0.1) is 6.92 Å². The van der Waals surface area contributed by atoms with E-state index in [4.69, 9.17) is 4.74 Å². The summed E-state index contributed by atoms with van der Waals surface area (Å²) in [7, 11) is 1.29. The Morgan fingerprint density at radius 3 is 2.06 bits per heavy atom. The normalized spacial score (nSPS) is 17.4. The highest BCUT2D eigenvalue weighted by Crippen LogP contribution is 2.42. The van der Waals surface area contributed by atoms with Gasteiger partial charge in [0.2, 0.25) is 0 Å². The van der Waals surface area contributed by atoms with Crippen molar-refractivity contribution in [2.45, 2.75) is 13.0 Å². The first-order chi connectivity index (χ1) is 15.4. The van der Waals surface area contributed by atoms with Crippen molar-refractivity contribution in [2.24, 2.45) is 0 Å². The van der Waals surface area contributed by atoms with Crippen LogP contribution in [0.2, 0.25) is 0 Å². The number of esters is 1. The molecule has 1 heterocycles. The summed E-state index contributed by atoms with van der Waals surface area (Å²) in [4.78, 5) is 39.3. The van der Waals surface area contributed by atoms with Gasteiger partial charge in [-0.3, -0.25) is 14.5 Å². The Hall–Kier alpha value is -4.19. The van der Waals surface area contributed by atoms with Gasteiger partial charge in [-0.1, -0.05) is 60.2 Å². The lowest BCUT2D eigenvalue weighted by atomic mass is 9.95. The molecule has 1 aliphatic heterocycles. The van der Waals surface area contributed by atoms with E-state index < -0.39 is 23.7 Å². The van der Waals surface area contributed by atoms with Crippen LogP contribution in [-0.4, -0.2) is 29.9 Å². The summed E-state index contributed by atoms with van der Waals surface area (Å²) in [5.74, 6) is -2.25. The van der Waals surface area contributed by atoms with Gasteiger partial charge in [-0.15, -0.1) is 0 Å². The number of ketones is 1. The second-order valence-electron chi connectivity index (χ2n) is 7.48. The molecule has 3 aromatic rings. The van der Waals surface area contributed by atoms with Crippen LogP contribution in [0.3, 0.4) is 0 Å². The Morgan fingerprint density at radius 2 is 1.47 bits per heavy atom. The van der Waals surface area contributed by atoms with E-state index in [1.807, 2.05) is 37.3 Å². The van der Waals surface area contributed by atoms with Crippen LogP contribution < -0.4 is 4.90 Å². The molecule has 0 spiro atoms. The van der Waals surface area contributed by atoms with E-state index in [-0.39, 0.29) is 11.3 Å². The number of amides is 1. The molecule has 1 aliphatic rings. The van der Waals surface area contributed by atoms with E-state index in [9.17, 15) is 19.5 Å². The summed E-state index contributed by atoms with van der Waals surface area (Å²) in [5.41, 5.74) is 2.91. The zero-order valence-electron chi connectivity index (χ0n) is 17.6. The van der Waals surface area contributed by atoms with E-state index >= 15 is 0 Å². The molecule has 1 N–H and O–H groups in total. The molecule has 1 unspecified atom stereocenters. The maximum atomic E-state index is 13.1. The zero-order valence-corrected chi connectivity index (χ0v) is 17.6. The topological polar surface area (TPSA) is 83.9 Å². The summed E-state index contributed by atoms with van der Waals surface area (Å²) >= 11 is 0. The monoisotopic (exact) mass is 427 g/mol. The standard InChI is InChI=1S/C26H21NO5/c1-16-8-10-18(11-9-16)23(28)21-22(17-6-4-3-5-7-17)27(25(30)24(21)29)20-14-12-19(13-15-20)26(31)32-2/h3-15,22,28H,1-2H3/b23-21+. The molecule has 1 amide bonds. The number of aryl methyl sites for hydroxylation is 1. The number of anilines is 1. The number of ether oxygens (including phenoxy) is 1. The third-order valence-electron chi connectivity index (χ3n) is 5.45. The summed E-state index contributed by atoms with van der Waals surface area (Å²) in [6.45, 7) is 1.92. The Labute approximate surface area is 185 Å². The molecular weight excluding hydrogens is 406 g/mol. The predicted molar refractivity (Wildman–Crippen MR) is 120 cm³/mol. The fourth-order valence-corrected chi connectivity index (χ4v) is 3.79. The van der Waals surface area contributed by atoms with Crippen molar-refractivity contribution in [3.05, 3.63) is 107 Å². The highest BCUT2D eigenvalue weighted by Gasteiger charge is 2.46. The molecular formula is C26H21NO5. The van der Waals surface area contributed by atoms with Crippen molar-refractivity contribution >= 4 is 29.1 Å². The summed E-state index contributed by atoms with van der Waals surface area (Å²) in [5, 5.41) is 11.1. The maximum absolute atomic E-state index is 13.1. The molecule has 0 aliphatic carbocycles. The maximum Gasteiger partial charge on any atom is 0.337 e. The minimum Gasteiger partial charge on any atom is -0.507 e. The van der Waals surface area contributed by atoms with Gasteiger partial charge in [-0.2, -0.15) is 0 Å². The van der Waals surface area contributed by atoms with Gasteiger partial charge in [0.15, 0.2) is 0 Å². The number of aliphatic hydroxyl groups is 1. The lowest BCUT2D eigenvalue weighted by Gasteiger charge is -2.25. The molecule has 1 atom stereocenters. The minimum absolute atomic E-state index is 0.0158. The van der Waals surface area contributed by atoms with Crippen LogP contribution in [0.5, 0.6) is 0 Å². The van der Waals surface area contributed by atoms with Gasteiger partial charge in [0.25, 0.3) is 11.7 Å². The third kappa shape index (κ3) is 3.67. The smallest absolute Gasteiger partial charge is 0.337 e. The molecule has 6 nitrogen and oxygen atoms in total. The second kappa shape index (κ2) is 8.51. The molecule has 0 saturated carbocycles. The molecule has 6 heteroatoms. The quantitative estimate of drug-likeness (QED) is 0.289. The SMILES string of the molecule is COC(=O)c1ccc(N2C(=O)C(=O)/C(=C(/O)c3ccc(C)cc3)C2c2ccccc2)cc1. The van der Waals surface area contributed by atoms with Gasteiger partial charge in [0, 0.05) is 11.3 Å². The Morgan fingerprint density at radius 1 is 0.875 bits per heavy atom. The van der Waals surface area contributed by atoms with E-state index in [1.165, 1.54) is 24.1 Å². The van der Waals surface area contributed by atoms with Crippen molar-refractivity contribution in [1.82, 2.24) is 0 Å². The average Bonchev–Trinajstić information content (AvgIpc) is 3.09. The molecule has 0 radical (unpaired) electrons. The molecule has 4 rings (SSSR count). The number of carbonyl (C=O) groups is 3. The van der Waals surface area contributed by atoms with Crippen LogP contribution in [0.25, 0.3) is 5.76 Å². The number of carbonyl (C=O) groups excluding carboxylic acids is 3. The number of aliphatic hydroxyl groups excluding tert-OH is 1. The summed E-state index contributed by atoms with van der Waals surface area (Å²) in [6.07, 6.45) is 0. The van der Waals surface area contributed by atoms with Crippen molar-refractivity contribution in [3.63, 3.8) is 0 Å². The van der Waals surface area contributed by atoms with Crippen LogP contribution in [0.15, 0.2) is 84.4 Å². The van der Waals surface area contributed by atoms with Crippen molar-refractivity contribution < 1.29 is 24.2 Å². The van der Waals surface area contributed by atoms with Crippen LogP contribution in [0.4, 0.5) is 5.69 Å². The predicted octanol–water partition coefficient (Wildman–Crippen LogP) is 4.41. The fourth-order valence-electron chi connectivity index (χ4n) is 3.79. The largest absolute Gasteiger partial charge is 0.507 e. The second-order valence-corrected chi connectivity index (χ2v) is 7.48. The highest BCUT2D eigenvalue weighted by molar-refractivity contribution is 6.51. The molecule has 0 aromatic heterocycles. The minimum atomic E-state index is -0.818. The summed E-state index contributed by atoms with van der Waals surface area (Å²) < 4.78 is 4.72. The van der Waals surface area contributed by atoms with Gasteiger partial charge in [0.1, 0.15) is 5.76 Å².